The van der Waals surface area contributed by atoms with Gasteiger partial charge in [-0.3, -0.25) is 0 Å². The fourth-order valence-corrected chi connectivity index (χ4v) is 5.23. The molecular weight excluding hydrogens is 276 g/mol. The second kappa shape index (κ2) is 4.09. The third kappa shape index (κ3) is 1.25. The number of methoxy groups -OCH3 is 2. The zero-order chi connectivity index (χ0) is 14.9. The molecule has 3 nitrogen and oxygen atoms in total. The molecule has 1 spiro atoms. The molecular formula is C19H20O3. The summed E-state index contributed by atoms with van der Waals surface area (Å²) in [4.78, 5) is 0. The number of hydrogen-bond acceptors (Lipinski definition) is 3. The lowest BCUT2D eigenvalue weighted by Gasteiger charge is -2.49. The number of ether oxygens (including phenoxy) is 3. The van der Waals surface area contributed by atoms with Gasteiger partial charge in [0, 0.05) is 5.56 Å². The highest BCUT2D eigenvalue weighted by Gasteiger charge is 2.60. The van der Waals surface area contributed by atoms with Gasteiger partial charge in [0.1, 0.15) is 5.76 Å². The molecule has 114 valence electrons. The molecule has 0 saturated heterocycles. The van der Waals surface area contributed by atoms with E-state index in [9.17, 15) is 0 Å². The lowest BCUT2D eigenvalue weighted by molar-refractivity contribution is 0.0947. The summed E-state index contributed by atoms with van der Waals surface area (Å²) < 4.78 is 17.7. The Labute approximate surface area is 130 Å². The van der Waals surface area contributed by atoms with Crippen LogP contribution < -0.4 is 9.47 Å². The van der Waals surface area contributed by atoms with E-state index in [4.69, 9.17) is 14.2 Å². The maximum absolute atomic E-state index is 6.44. The molecule has 0 aromatic heterocycles. The first-order valence-electron chi connectivity index (χ1n) is 8.13. The fraction of sp³-hybridized carbons (Fsp3) is 0.474. The first-order valence-corrected chi connectivity index (χ1v) is 8.13. The summed E-state index contributed by atoms with van der Waals surface area (Å²) in [5.41, 5.74) is 4.36. The second-order valence-corrected chi connectivity index (χ2v) is 6.79. The Kier molecular flexibility index (Phi) is 2.35. The van der Waals surface area contributed by atoms with Gasteiger partial charge < -0.3 is 14.2 Å². The van der Waals surface area contributed by atoms with Crippen LogP contribution in [0.25, 0.3) is 0 Å². The van der Waals surface area contributed by atoms with Crippen LogP contribution in [-0.2, 0) is 16.6 Å². The Balaban J connectivity index is 1.85. The van der Waals surface area contributed by atoms with E-state index in [0.717, 1.165) is 30.1 Å². The van der Waals surface area contributed by atoms with E-state index in [2.05, 4.69) is 24.3 Å². The monoisotopic (exact) mass is 296 g/mol. The van der Waals surface area contributed by atoms with E-state index in [1.807, 2.05) is 0 Å². The van der Waals surface area contributed by atoms with E-state index >= 15 is 0 Å². The Morgan fingerprint density at radius 3 is 2.91 bits per heavy atom. The third-order valence-corrected chi connectivity index (χ3v) is 6.02. The van der Waals surface area contributed by atoms with Crippen molar-refractivity contribution in [1.82, 2.24) is 0 Å². The second-order valence-electron chi connectivity index (χ2n) is 6.79. The van der Waals surface area contributed by atoms with Crippen molar-refractivity contribution < 1.29 is 14.2 Å². The van der Waals surface area contributed by atoms with Crippen LogP contribution in [0.2, 0.25) is 0 Å². The van der Waals surface area contributed by atoms with E-state index in [0.29, 0.717) is 5.92 Å². The highest BCUT2D eigenvalue weighted by atomic mass is 16.6. The van der Waals surface area contributed by atoms with Gasteiger partial charge in [-0.15, -0.1) is 0 Å². The maximum Gasteiger partial charge on any atom is 0.169 e. The van der Waals surface area contributed by atoms with Crippen molar-refractivity contribution in [2.75, 3.05) is 14.2 Å². The molecule has 0 radical (unpaired) electrons. The summed E-state index contributed by atoms with van der Waals surface area (Å²) in [6.07, 6.45) is 9.22. The molecule has 4 aliphatic rings. The molecule has 1 aliphatic heterocycles. The van der Waals surface area contributed by atoms with Gasteiger partial charge in [0.25, 0.3) is 0 Å². The lowest BCUT2D eigenvalue weighted by atomic mass is 9.53. The highest BCUT2D eigenvalue weighted by Crippen LogP contribution is 2.64. The average molecular weight is 296 g/mol. The molecule has 1 heterocycles. The molecule has 1 aromatic carbocycles. The van der Waals surface area contributed by atoms with Crippen LogP contribution in [0.1, 0.15) is 30.4 Å². The van der Waals surface area contributed by atoms with Crippen molar-refractivity contribution in [2.45, 2.75) is 37.2 Å². The standard InChI is InChI=1S/C19H20O3/c1-20-14-7-5-12-10-11-4-3-9-19-13(11)6-8-15(21-2)18(19)22-17(14)16(12)19/h5-8,11,18H,3-4,9-10H2,1-2H3. The predicted octanol–water partition coefficient (Wildman–Crippen LogP) is 3.52. The molecule has 3 aliphatic carbocycles. The van der Waals surface area contributed by atoms with Gasteiger partial charge in [-0.2, -0.15) is 0 Å². The first-order chi connectivity index (χ1) is 10.8. The SMILES string of the molecule is COC1=CC=C2C3CCCC24c2c(ccc(OC)c2OC14)C3. The van der Waals surface area contributed by atoms with Crippen LogP contribution in [-0.4, -0.2) is 20.3 Å². The normalized spacial score (nSPS) is 33.4. The topological polar surface area (TPSA) is 27.7 Å². The van der Waals surface area contributed by atoms with Crippen molar-refractivity contribution in [1.29, 1.82) is 0 Å². The van der Waals surface area contributed by atoms with Crippen LogP contribution in [0.4, 0.5) is 0 Å². The van der Waals surface area contributed by atoms with Gasteiger partial charge in [-0.05, 0) is 42.9 Å². The molecule has 1 fully saturated rings. The molecule has 1 saturated carbocycles. The molecule has 5 rings (SSSR count). The summed E-state index contributed by atoms with van der Waals surface area (Å²) >= 11 is 0. The summed E-state index contributed by atoms with van der Waals surface area (Å²) in [6.45, 7) is 0. The summed E-state index contributed by atoms with van der Waals surface area (Å²) in [6, 6.07) is 4.30. The van der Waals surface area contributed by atoms with Crippen LogP contribution in [0.15, 0.2) is 35.6 Å². The van der Waals surface area contributed by atoms with E-state index in [-0.39, 0.29) is 11.5 Å². The average Bonchev–Trinajstić information content (AvgIpc) is 2.88. The maximum atomic E-state index is 6.44. The molecule has 1 aromatic rings. The molecule has 3 heteroatoms. The zero-order valence-electron chi connectivity index (χ0n) is 13.0. The van der Waals surface area contributed by atoms with Crippen molar-refractivity contribution in [3.63, 3.8) is 0 Å². The van der Waals surface area contributed by atoms with E-state index in [1.54, 1.807) is 19.8 Å². The number of allylic oxidation sites excluding steroid dienone is 2. The van der Waals surface area contributed by atoms with Crippen molar-refractivity contribution in [3.8, 4) is 11.5 Å². The van der Waals surface area contributed by atoms with Gasteiger partial charge in [0.2, 0.25) is 0 Å². The zero-order valence-corrected chi connectivity index (χ0v) is 13.0. The Hall–Kier alpha value is -1.90. The summed E-state index contributed by atoms with van der Waals surface area (Å²) in [7, 11) is 3.46. The Bertz CT molecular complexity index is 730. The number of benzene rings is 1. The minimum absolute atomic E-state index is 0.0134. The van der Waals surface area contributed by atoms with Crippen LogP contribution >= 0.6 is 0 Å². The molecule has 2 bridgehead atoms. The minimum Gasteiger partial charge on any atom is -0.497 e. The van der Waals surface area contributed by atoms with Crippen molar-refractivity contribution in [3.05, 3.63) is 46.7 Å². The lowest BCUT2D eigenvalue weighted by Crippen LogP contribution is -2.50. The van der Waals surface area contributed by atoms with Crippen LogP contribution in [0, 0.1) is 5.92 Å². The first kappa shape index (κ1) is 12.6. The van der Waals surface area contributed by atoms with Gasteiger partial charge in [0.15, 0.2) is 17.6 Å². The highest BCUT2D eigenvalue weighted by molar-refractivity contribution is 5.66. The Morgan fingerprint density at radius 1 is 1.18 bits per heavy atom. The quantitative estimate of drug-likeness (QED) is 0.835. The third-order valence-electron chi connectivity index (χ3n) is 6.02. The number of rotatable bonds is 2. The molecule has 3 unspecified atom stereocenters. The van der Waals surface area contributed by atoms with Crippen LogP contribution in [0.3, 0.4) is 0 Å². The van der Waals surface area contributed by atoms with Gasteiger partial charge in [-0.25, -0.2) is 0 Å². The summed E-state index contributed by atoms with van der Waals surface area (Å²) in [5, 5.41) is 0. The predicted molar refractivity (Wildman–Crippen MR) is 83.3 cm³/mol. The molecule has 3 atom stereocenters. The summed E-state index contributed by atoms with van der Waals surface area (Å²) in [5.74, 6) is 3.39. The number of hydrogen-bond donors (Lipinski definition) is 0. The van der Waals surface area contributed by atoms with Crippen molar-refractivity contribution in [2.24, 2.45) is 5.92 Å². The fourth-order valence-electron chi connectivity index (χ4n) is 5.23. The van der Waals surface area contributed by atoms with Crippen molar-refractivity contribution >= 4 is 0 Å². The smallest absolute Gasteiger partial charge is 0.169 e. The van der Waals surface area contributed by atoms with Gasteiger partial charge in [0.05, 0.1) is 19.6 Å². The van der Waals surface area contributed by atoms with Gasteiger partial charge in [-0.1, -0.05) is 24.1 Å². The van der Waals surface area contributed by atoms with Crippen LogP contribution in [0.5, 0.6) is 11.5 Å². The minimum atomic E-state index is -0.0225. The van der Waals surface area contributed by atoms with Gasteiger partial charge >= 0.3 is 0 Å². The Morgan fingerprint density at radius 2 is 2.09 bits per heavy atom. The molecule has 22 heavy (non-hydrogen) atoms. The van der Waals surface area contributed by atoms with E-state index < -0.39 is 0 Å². The molecule has 0 N–H and O–H groups in total. The largest absolute Gasteiger partial charge is 0.497 e. The molecule has 0 amide bonds. The van der Waals surface area contributed by atoms with E-state index in [1.165, 1.54) is 24.0 Å².